The highest BCUT2D eigenvalue weighted by Crippen LogP contribution is 2.21. The molecule has 0 spiro atoms. The van der Waals surface area contributed by atoms with Crippen molar-refractivity contribution < 1.29 is 14.4 Å². The maximum atomic E-state index is 12.7. The van der Waals surface area contributed by atoms with E-state index in [2.05, 4.69) is 24.8 Å². The predicted molar refractivity (Wildman–Crippen MR) is 103 cm³/mol. The van der Waals surface area contributed by atoms with E-state index in [0.717, 1.165) is 5.56 Å². The molecule has 27 heavy (non-hydrogen) atoms. The van der Waals surface area contributed by atoms with Gasteiger partial charge in [0.05, 0.1) is 12.5 Å². The summed E-state index contributed by atoms with van der Waals surface area (Å²) < 4.78 is 0. The van der Waals surface area contributed by atoms with Crippen molar-refractivity contribution in [2.24, 2.45) is 5.92 Å². The zero-order valence-electron chi connectivity index (χ0n) is 16.1. The first-order valence-corrected chi connectivity index (χ1v) is 9.39. The van der Waals surface area contributed by atoms with Crippen LogP contribution >= 0.6 is 0 Å². The lowest BCUT2D eigenvalue weighted by atomic mass is 10.1. The van der Waals surface area contributed by atoms with E-state index in [0.29, 0.717) is 32.7 Å². The van der Waals surface area contributed by atoms with Crippen molar-refractivity contribution >= 4 is 17.7 Å². The number of aryl methyl sites for hydroxylation is 2. The van der Waals surface area contributed by atoms with Crippen LogP contribution in [0.2, 0.25) is 0 Å². The third-order valence-electron chi connectivity index (χ3n) is 5.20. The van der Waals surface area contributed by atoms with Crippen molar-refractivity contribution in [2.45, 2.75) is 26.8 Å². The Morgan fingerprint density at radius 3 is 2.44 bits per heavy atom. The molecule has 3 rings (SSSR count). The first kappa shape index (κ1) is 19.1. The second-order valence-corrected chi connectivity index (χ2v) is 7.56. The molecule has 0 bridgehead atoms. The number of carbonyl (C=O) groups excluding carboxylic acids is 3. The molecule has 0 radical (unpaired) electrons. The van der Waals surface area contributed by atoms with Gasteiger partial charge in [-0.05, 0) is 19.4 Å². The molecule has 1 unspecified atom stereocenters. The van der Waals surface area contributed by atoms with Crippen LogP contribution in [-0.4, -0.2) is 65.1 Å². The third kappa shape index (κ3) is 4.38. The zero-order valence-corrected chi connectivity index (χ0v) is 16.1. The van der Waals surface area contributed by atoms with Gasteiger partial charge in [0.2, 0.25) is 17.7 Å². The number of piperazine rings is 1. The SMILES string of the molecule is C=CCN1CC(C(=O)N2CCN(Cc3cc(C)cc(C)c3)C(=O)C2)CC1=O. The molecule has 2 heterocycles. The summed E-state index contributed by atoms with van der Waals surface area (Å²) in [5.41, 5.74) is 3.48. The maximum absolute atomic E-state index is 12.7. The van der Waals surface area contributed by atoms with E-state index >= 15 is 0 Å². The average Bonchev–Trinajstić information content (AvgIpc) is 2.96. The van der Waals surface area contributed by atoms with Crippen molar-refractivity contribution in [1.82, 2.24) is 14.7 Å². The smallest absolute Gasteiger partial charge is 0.242 e. The van der Waals surface area contributed by atoms with E-state index in [1.54, 1.807) is 15.9 Å². The topological polar surface area (TPSA) is 60.9 Å². The molecule has 2 aliphatic rings. The number of benzene rings is 1. The van der Waals surface area contributed by atoms with Gasteiger partial charge in [0, 0.05) is 39.1 Å². The molecule has 1 aromatic rings. The molecule has 6 heteroatoms. The zero-order chi connectivity index (χ0) is 19.6. The molecule has 3 amide bonds. The largest absolute Gasteiger partial charge is 0.338 e. The van der Waals surface area contributed by atoms with Crippen molar-refractivity contribution in [1.29, 1.82) is 0 Å². The molecule has 1 atom stereocenters. The van der Waals surface area contributed by atoms with Crippen LogP contribution in [0, 0.1) is 19.8 Å². The number of nitrogens with zero attached hydrogens (tertiary/aromatic N) is 3. The standard InChI is InChI=1S/C21H27N3O3/c1-4-5-22-13-18(11-19(22)25)21(27)24-7-6-23(20(26)14-24)12-17-9-15(2)8-16(3)10-17/h4,8-10,18H,1,5-7,11-14H2,2-3H3. The third-order valence-corrected chi connectivity index (χ3v) is 5.20. The Hall–Kier alpha value is -2.63. The van der Waals surface area contributed by atoms with Gasteiger partial charge >= 0.3 is 0 Å². The first-order chi connectivity index (χ1) is 12.9. The summed E-state index contributed by atoms with van der Waals surface area (Å²) in [6.07, 6.45) is 1.89. The summed E-state index contributed by atoms with van der Waals surface area (Å²) in [5, 5.41) is 0. The van der Waals surface area contributed by atoms with E-state index in [1.807, 2.05) is 18.7 Å². The van der Waals surface area contributed by atoms with Crippen LogP contribution < -0.4 is 0 Å². The van der Waals surface area contributed by atoms with Crippen LogP contribution in [0.15, 0.2) is 30.9 Å². The Morgan fingerprint density at radius 1 is 1.11 bits per heavy atom. The Balaban J connectivity index is 1.58. The van der Waals surface area contributed by atoms with Gasteiger partial charge in [-0.25, -0.2) is 0 Å². The highest BCUT2D eigenvalue weighted by Gasteiger charge is 2.38. The molecule has 0 aromatic heterocycles. The molecular formula is C21H27N3O3. The molecule has 0 saturated carbocycles. The fourth-order valence-electron chi connectivity index (χ4n) is 3.97. The quantitative estimate of drug-likeness (QED) is 0.739. The lowest BCUT2D eigenvalue weighted by molar-refractivity contribution is -0.147. The van der Waals surface area contributed by atoms with Gasteiger partial charge in [0.15, 0.2) is 0 Å². The van der Waals surface area contributed by atoms with Gasteiger partial charge in [0.25, 0.3) is 0 Å². The molecule has 0 aliphatic carbocycles. The number of amides is 3. The predicted octanol–water partition coefficient (Wildman–Crippen LogP) is 1.51. The Labute approximate surface area is 160 Å². The summed E-state index contributed by atoms with van der Waals surface area (Å²) in [5.74, 6) is -0.500. The fourth-order valence-corrected chi connectivity index (χ4v) is 3.97. The van der Waals surface area contributed by atoms with Crippen molar-refractivity contribution in [2.75, 3.05) is 32.7 Å². The molecule has 144 valence electrons. The van der Waals surface area contributed by atoms with Crippen LogP contribution in [0.3, 0.4) is 0 Å². The highest BCUT2D eigenvalue weighted by atomic mass is 16.2. The molecule has 2 saturated heterocycles. The van der Waals surface area contributed by atoms with Crippen molar-refractivity contribution in [3.8, 4) is 0 Å². The van der Waals surface area contributed by atoms with Gasteiger partial charge in [-0.15, -0.1) is 6.58 Å². The average molecular weight is 369 g/mol. The monoisotopic (exact) mass is 369 g/mol. The summed E-state index contributed by atoms with van der Waals surface area (Å²) >= 11 is 0. The van der Waals surface area contributed by atoms with Crippen LogP contribution in [0.4, 0.5) is 0 Å². The van der Waals surface area contributed by atoms with Crippen molar-refractivity contribution in [3.05, 3.63) is 47.5 Å². The second-order valence-electron chi connectivity index (χ2n) is 7.56. The molecule has 6 nitrogen and oxygen atoms in total. The van der Waals surface area contributed by atoms with E-state index in [9.17, 15) is 14.4 Å². The lowest BCUT2D eigenvalue weighted by Gasteiger charge is -2.35. The van der Waals surface area contributed by atoms with Gasteiger partial charge in [-0.3, -0.25) is 14.4 Å². The molecule has 0 N–H and O–H groups in total. The fraction of sp³-hybridized carbons (Fsp3) is 0.476. The normalized spacial score (nSPS) is 20.4. The Morgan fingerprint density at radius 2 is 1.81 bits per heavy atom. The molecule has 1 aromatic carbocycles. The summed E-state index contributed by atoms with van der Waals surface area (Å²) in [6.45, 7) is 10.3. The van der Waals surface area contributed by atoms with Gasteiger partial charge in [0.1, 0.15) is 0 Å². The van der Waals surface area contributed by atoms with E-state index < -0.39 is 0 Å². The summed E-state index contributed by atoms with van der Waals surface area (Å²) in [4.78, 5) is 42.3. The van der Waals surface area contributed by atoms with Crippen LogP contribution in [0.25, 0.3) is 0 Å². The number of rotatable bonds is 5. The van der Waals surface area contributed by atoms with Crippen LogP contribution in [-0.2, 0) is 20.9 Å². The van der Waals surface area contributed by atoms with E-state index in [4.69, 9.17) is 0 Å². The second kappa shape index (κ2) is 7.94. The van der Waals surface area contributed by atoms with Crippen molar-refractivity contribution in [3.63, 3.8) is 0 Å². The summed E-state index contributed by atoms with van der Waals surface area (Å²) in [7, 11) is 0. The maximum Gasteiger partial charge on any atom is 0.242 e. The van der Waals surface area contributed by atoms with E-state index in [1.165, 1.54) is 11.1 Å². The van der Waals surface area contributed by atoms with Gasteiger partial charge in [-0.2, -0.15) is 0 Å². The summed E-state index contributed by atoms with van der Waals surface area (Å²) in [6, 6.07) is 6.30. The highest BCUT2D eigenvalue weighted by molar-refractivity contribution is 5.92. The molecular weight excluding hydrogens is 342 g/mol. The number of likely N-dealkylation sites (tertiary alicyclic amines) is 1. The van der Waals surface area contributed by atoms with Crippen LogP contribution in [0.5, 0.6) is 0 Å². The number of hydrogen-bond donors (Lipinski definition) is 0. The first-order valence-electron chi connectivity index (χ1n) is 9.39. The Bertz CT molecular complexity index is 754. The number of hydrogen-bond acceptors (Lipinski definition) is 3. The minimum absolute atomic E-state index is 0.0203. The van der Waals surface area contributed by atoms with Gasteiger partial charge in [-0.1, -0.05) is 35.4 Å². The number of carbonyl (C=O) groups is 3. The lowest BCUT2D eigenvalue weighted by Crippen LogP contribution is -2.53. The minimum Gasteiger partial charge on any atom is -0.338 e. The van der Waals surface area contributed by atoms with Crippen LogP contribution in [0.1, 0.15) is 23.1 Å². The minimum atomic E-state index is -0.351. The molecule has 2 aliphatic heterocycles. The Kier molecular flexibility index (Phi) is 5.63. The molecule has 2 fully saturated rings. The van der Waals surface area contributed by atoms with E-state index in [-0.39, 0.29) is 36.6 Å². The van der Waals surface area contributed by atoms with Gasteiger partial charge < -0.3 is 14.7 Å².